The summed E-state index contributed by atoms with van der Waals surface area (Å²) < 4.78 is 53.6. The molecular formula is C24H27FN2O5S2. The number of nitrogens with zero attached hydrogens (tertiary/aromatic N) is 2. The van der Waals surface area contributed by atoms with E-state index in [0.29, 0.717) is 28.6 Å². The monoisotopic (exact) mass is 506 g/mol. The number of sulfonamides is 1. The molecule has 1 heterocycles. The van der Waals surface area contributed by atoms with E-state index in [1.165, 1.54) is 4.90 Å². The predicted molar refractivity (Wildman–Crippen MR) is 132 cm³/mol. The Morgan fingerprint density at radius 3 is 2.47 bits per heavy atom. The number of hydrogen-bond donors (Lipinski definition) is 0. The van der Waals surface area contributed by atoms with Crippen molar-refractivity contribution in [2.24, 2.45) is 4.40 Å². The van der Waals surface area contributed by atoms with Crippen LogP contribution in [0, 0.1) is 5.82 Å². The number of thioether (sulfide) groups is 1. The predicted octanol–water partition coefficient (Wildman–Crippen LogP) is 5.08. The van der Waals surface area contributed by atoms with E-state index in [9.17, 15) is 17.6 Å². The minimum atomic E-state index is -4.11. The number of amides is 1. The molecule has 182 valence electrons. The zero-order valence-electron chi connectivity index (χ0n) is 19.3. The van der Waals surface area contributed by atoms with Gasteiger partial charge in [0.25, 0.3) is 15.9 Å². The molecule has 1 fully saturated rings. The summed E-state index contributed by atoms with van der Waals surface area (Å²) >= 11 is 0.970. The molecule has 1 aliphatic heterocycles. The Bertz CT molecular complexity index is 1190. The summed E-state index contributed by atoms with van der Waals surface area (Å²) in [6.45, 7) is 4.69. The Balaban J connectivity index is 1.85. The number of amidine groups is 1. The highest BCUT2D eigenvalue weighted by molar-refractivity contribution is 8.19. The first kappa shape index (κ1) is 25.8. The standard InChI is InChI=1S/C24H27FN2O5S2/c1-4-6-7-14-32-20-13-8-17(15-21(20)31-3)16-22-23(28)27(5-2)24(33-22)26-34(29,30)19-11-9-18(25)10-12-19/h8-13,15-16H,4-7,14H2,1-3H3/b22-16-,26-24?. The smallest absolute Gasteiger partial charge is 0.284 e. The minimum absolute atomic E-state index is 0.0471. The van der Waals surface area contributed by atoms with Crippen molar-refractivity contribution in [1.82, 2.24) is 4.90 Å². The largest absolute Gasteiger partial charge is 0.493 e. The highest BCUT2D eigenvalue weighted by Crippen LogP contribution is 2.35. The lowest BCUT2D eigenvalue weighted by atomic mass is 10.2. The maximum Gasteiger partial charge on any atom is 0.284 e. The van der Waals surface area contributed by atoms with Gasteiger partial charge < -0.3 is 9.47 Å². The highest BCUT2D eigenvalue weighted by Gasteiger charge is 2.34. The van der Waals surface area contributed by atoms with Crippen LogP contribution in [0.5, 0.6) is 11.5 Å². The molecule has 1 saturated heterocycles. The number of carbonyl (C=O) groups excluding carboxylic acids is 1. The van der Waals surface area contributed by atoms with Crippen molar-refractivity contribution in [3.05, 3.63) is 58.8 Å². The average Bonchev–Trinajstić information content (AvgIpc) is 3.10. The second-order valence-electron chi connectivity index (χ2n) is 7.43. The van der Waals surface area contributed by atoms with Crippen LogP contribution in [-0.4, -0.2) is 44.7 Å². The number of unbranched alkanes of at least 4 members (excludes halogenated alkanes) is 2. The SMILES string of the molecule is CCCCCOc1ccc(/C=C2\SC(=NS(=O)(=O)c3ccc(F)cc3)N(CC)C2=O)cc1OC. The number of halogens is 1. The Morgan fingerprint density at radius 1 is 1.09 bits per heavy atom. The molecule has 34 heavy (non-hydrogen) atoms. The molecule has 7 nitrogen and oxygen atoms in total. The fourth-order valence-electron chi connectivity index (χ4n) is 3.20. The van der Waals surface area contributed by atoms with E-state index in [1.807, 2.05) is 0 Å². The molecule has 10 heteroatoms. The van der Waals surface area contributed by atoms with Crippen molar-refractivity contribution in [2.75, 3.05) is 20.3 Å². The Labute approximate surface area is 203 Å². The van der Waals surface area contributed by atoms with E-state index < -0.39 is 15.8 Å². The third-order valence-electron chi connectivity index (χ3n) is 5.00. The number of likely N-dealkylation sites (N-methyl/N-ethyl adjacent to an activating group) is 1. The van der Waals surface area contributed by atoms with Crippen molar-refractivity contribution in [2.45, 2.75) is 38.0 Å². The molecule has 0 saturated carbocycles. The Kier molecular flexibility index (Phi) is 8.73. The van der Waals surface area contributed by atoms with Gasteiger partial charge in [-0.2, -0.15) is 8.42 Å². The second-order valence-corrected chi connectivity index (χ2v) is 10.0. The number of carbonyl (C=O) groups is 1. The van der Waals surface area contributed by atoms with Crippen molar-refractivity contribution in [1.29, 1.82) is 0 Å². The third kappa shape index (κ3) is 6.18. The van der Waals surface area contributed by atoms with Gasteiger partial charge in [0.1, 0.15) is 5.82 Å². The molecule has 0 radical (unpaired) electrons. The van der Waals surface area contributed by atoms with Crippen molar-refractivity contribution in [3.8, 4) is 11.5 Å². The molecule has 2 aromatic rings. The van der Waals surface area contributed by atoms with Gasteiger partial charge >= 0.3 is 0 Å². The first-order valence-corrected chi connectivity index (χ1v) is 13.2. The highest BCUT2D eigenvalue weighted by atomic mass is 32.2. The van der Waals surface area contributed by atoms with E-state index in [2.05, 4.69) is 11.3 Å². The van der Waals surface area contributed by atoms with Gasteiger partial charge in [-0.3, -0.25) is 9.69 Å². The van der Waals surface area contributed by atoms with Crippen LogP contribution in [0.2, 0.25) is 0 Å². The van der Waals surface area contributed by atoms with Gasteiger partial charge in [-0.25, -0.2) is 4.39 Å². The van der Waals surface area contributed by atoms with E-state index in [0.717, 1.165) is 55.3 Å². The lowest BCUT2D eigenvalue weighted by molar-refractivity contribution is -0.122. The summed E-state index contributed by atoms with van der Waals surface area (Å²) in [5.41, 5.74) is 0.701. The fraction of sp³-hybridized carbons (Fsp3) is 0.333. The van der Waals surface area contributed by atoms with Crippen molar-refractivity contribution >= 4 is 38.9 Å². The summed E-state index contributed by atoms with van der Waals surface area (Å²) in [7, 11) is -2.56. The molecule has 3 rings (SSSR count). The summed E-state index contributed by atoms with van der Waals surface area (Å²) in [6.07, 6.45) is 4.79. The van der Waals surface area contributed by atoms with E-state index >= 15 is 0 Å². The van der Waals surface area contributed by atoms with E-state index in [1.54, 1.807) is 38.3 Å². The molecule has 0 unspecified atom stereocenters. The van der Waals surface area contributed by atoms with Gasteiger partial charge in [0.15, 0.2) is 16.7 Å². The number of methoxy groups -OCH3 is 1. The Morgan fingerprint density at radius 2 is 1.82 bits per heavy atom. The van der Waals surface area contributed by atoms with Crippen LogP contribution < -0.4 is 9.47 Å². The Hall–Kier alpha value is -2.85. The molecule has 0 N–H and O–H groups in total. The third-order valence-corrected chi connectivity index (χ3v) is 7.41. The molecule has 0 bridgehead atoms. The summed E-state index contributed by atoms with van der Waals surface area (Å²) in [5.74, 6) is 0.264. The van der Waals surface area contributed by atoms with Gasteiger partial charge in [0, 0.05) is 6.54 Å². The minimum Gasteiger partial charge on any atom is -0.493 e. The van der Waals surface area contributed by atoms with Crippen LogP contribution in [0.4, 0.5) is 4.39 Å². The first-order chi connectivity index (χ1) is 16.3. The topological polar surface area (TPSA) is 85.3 Å². The summed E-state index contributed by atoms with van der Waals surface area (Å²) in [4.78, 5) is 14.4. The first-order valence-electron chi connectivity index (χ1n) is 10.9. The molecule has 0 atom stereocenters. The molecular weight excluding hydrogens is 479 g/mol. The number of hydrogen-bond acceptors (Lipinski definition) is 6. The van der Waals surface area contributed by atoms with Gasteiger partial charge in [-0.15, -0.1) is 4.40 Å². The number of benzene rings is 2. The normalized spacial score (nSPS) is 16.5. The quantitative estimate of drug-likeness (QED) is 0.330. The van der Waals surface area contributed by atoms with Crippen LogP contribution in [0.1, 0.15) is 38.7 Å². The lowest BCUT2D eigenvalue weighted by Gasteiger charge is -2.12. The number of rotatable bonds is 10. The zero-order chi connectivity index (χ0) is 24.7. The van der Waals surface area contributed by atoms with Crippen LogP contribution >= 0.6 is 11.8 Å². The molecule has 0 aromatic heterocycles. The molecule has 1 amide bonds. The van der Waals surface area contributed by atoms with Crippen LogP contribution in [0.25, 0.3) is 6.08 Å². The molecule has 0 spiro atoms. The molecule has 0 aliphatic carbocycles. The summed E-state index contributed by atoms with van der Waals surface area (Å²) in [5, 5.41) is 0.0471. The van der Waals surface area contributed by atoms with Crippen molar-refractivity contribution < 1.29 is 27.1 Å². The van der Waals surface area contributed by atoms with Crippen LogP contribution in [0.3, 0.4) is 0 Å². The number of ether oxygens (including phenoxy) is 2. The maximum absolute atomic E-state index is 13.2. The second kappa shape index (κ2) is 11.5. The van der Waals surface area contributed by atoms with E-state index in [4.69, 9.17) is 9.47 Å². The molecule has 1 aliphatic rings. The maximum atomic E-state index is 13.2. The van der Waals surface area contributed by atoms with Gasteiger partial charge in [0.05, 0.1) is 23.5 Å². The van der Waals surface area contributed by atoms with Gasteiger partial charge in [-0.05, 0) is 73.1 Å². The summed E-state index contributed by atoms with van der Waals surface area (Å²) in [6, 6.07) is 9.73. The van der Waals surface area contributed by atoms with Crippen LogP contribution in [0.15, 0.2) is 56.7 Å². The van der Waals surface area contributed by atoms with E-state index in [-0.39, 0.29) is 22.5 Å². The van der Waals surface area contributed by atoms with Gasteiger partial charge in [0.2, 0.25) is 0 Å². The molecule has 2 aromatic carbocycles. The lowest BCUT2D eigenvalue weighted by Crippen LogP contribution is -2.29. The van der Waals surface area contributed by atoms with Gasteiger partial charge in [-0.1, -0.05) is 25.8 Å². The average molecular weight is 507 g/mol. The van der Waals surface area contributed by atoms with Crippen molar-refractivity contribution in [3.63, 3.8) is 0 Å². The fourth-order valence-corrected chi connectivity index (χ4v) is 5.44. The zero-order valence-corrected chi connectivity index (χ0v) is 20.9. The van der Waals surface area contributed by atoms with Crippen LogP contribution in [-0.2, 0) is 14.8 Å².